The van der Waals surface area contributed by atoms with E-state index in [1.165, 1.54) is 90.3 Å². The Morgan fingerprint density at radius 1 is 0.550 bits per heavy atom. The normalized spacial score (nSPS) is 13.2. The van der Waals surface area contributed by atoms with Gasteiger partial charge in [-0.05, 0) is 93.7 Å². The van der Waals surface area contributed by atoms with Gasteiger partial charge in [0.1, 0.15) is 11.6 Å². The number of methoxy groups -OCH3 is 1. The van der Waals surface area contributed by atoms with Crippen molar-refractivity contribution in [2.45, 2.75) is 83.5 Å². The number of hydrogen-bond donors (Lipinski definition) is 0. The van der Waals surface area contributed by atoms with Crippen molar-refractivity contribution < 1.29 is 9.13 Å². The van der Waals surface area contributed by atoms with Gasteiger partial charge >= 0.3 is 0 Å². The third kappa shape index (κ3) is 5.73. The maximum absolute atomic E-state index is 13.7. The fraction of sp³-hybridized carbons (Fsp3) is 0.368. The van der Waals surface area contributed by atoms with Gasteiger partial charge in [0.25, 0.3) is 0 Å². The second-order valence-corrected chi connectivity index (χ2v) is 11.5. The Bertz CT molecular complexity index is 1390. The Balaban J connectivity index is 1.63. The monoisotopic (exact) mass is 534 g/mol. The Morgan fingerprint density at radius 3 is 1.45 bits per heavy atom. The highest BCUT2D eigenvalue weighted by Crippen LogP contribution is 2.55. The maximum Gasteiger partial charge on any atom is 0.123 e. The molecule has 0 heterocycles. The van der Waals surface area contributed by atoms with Crippen LogP contribution in [0.3, 0.4) is 0 Å². The van der Waals surface area contributed by atoms with Crippen molar-refractivity contribution in [2.24, 2.45) is 0 Å². The molecule has 40 heavy (non-hydrogen) atoms. The van der Waals surface area contributed by atoms with Crippen molar-refractivity contribution in [2.75, 3.05) is 7.11 Å². The van der Waals surface area contributed by atoms with Gasteiger partial charge in [-0.3, -0.25) is 0 Å². The number of halogens is 1. The minimum atomic E-state index is -0.190. The predicted octanol–water partition coefficient (Wildman–Crippen LogP) is 11.4. The zero-order valence-electron chi connectivity index (χ0n) is 24.4. The van der Waals surface area contributed by atoms with Gasteiger partial charge in [0.05, 0.1) is 7.11 Å². The summed E-state index contributed by atoms with van der Waals surface area (Å²) in [4.78, 5) is 0. The van der Waals surface area contributed by atoms with Gasteiger partial charge in [-0.15, -0.1) is 0 Å². The second kappa shape index (κ2) is 12.9. The highest BCUT2D eigenvalue weighted by Gasteiger charge is 2.42. The van der Waals surface area contributed by atoms with Crippen molar-refractivity contribution >= 4 is 0 Å². The molecule has 1 aliphatic carbocycles. The van der Waals surface area contributed by atoms with Crippen LogP contribution in [0.1, 0.15) is 89.2 Å². The van der Waals surface area contributed by atoms with Crippen LogP contribution >= 0.6 is 0 Å². The Labute approximate surface area is 240 Å². The topological polar surface area (TPSA) is 9.23 Å². The van der Waals surface area contributed by atoms with E-state index in [4.69, 9.17) is 4.74 Å². The molecule has 4 aromatic carbocycles. The Morgan fingerprint density at radius 2 is 1.00 bits per heavy atom. The summed E-state index contributed by atoms with van der Waals surface area (Å²) < 4.78 is 19.2. The molecule has 208 valence electrons. The third-order valence-electron chi connectivity index (χ3n) is 8.88. The first kappa shape index (κ1) is 28.1. The van der Waals surface area contributed by atoms with E-state index < -0.39 is 0 Å². The van der Waals surface area contributed by atoms with Gasteiger partial charge in [0, 0.05) is 5.41 Å². The number of hydrogen-bond acceptors (Lipinski definition) is 1. The zero-order valence-corrected chi connectivity index (χ0v) is 24.4. The average Bonchev–Trinajstić information content (AvgIpc) is 3.26. The number of benzene rings is 4. The van der Waals surface area contributed by atoms with Crippen molar-refractivity contribution in [3.63, 3.8) is 0 Å². The third-order valence-corrected chi connectivity index (χ3v) is 8.88. The molecule has 1 aliphatic rings. The van der Waals surface area contributed by atoms with Gasteiger partial charge in [-0.25, -0.2) is 4.39 Å². The van der Waals surface area contributed by atoms with Crippen molar-refractivity contribution in [1.82, 2.24) is 0 Å². The van der Waals surface area contributed by atoms with Gasteiger partial charge in [-0.2, -0.15) is 0 Å². The van der Waals surface area contributed by atoms with Crippen LogP contribution in [0.5, 0.6) is 5.75 Å². The molecule has 4 aromatic rings. The second-order valence-electron chi connectivity index (χ2n) is 11.5. The Hall–Kier alpha value is -3.39. The molecule has 5 rings (SSSR count). The molecule has 1 nitrogen and oxygen atoms in total. The lowest BCUT2D eigenvalue weighted by atomic mass is 9.70. The lowest BCUT2D eigenvalue weighted by Gasteiger charge is -2.33. The summed E-state index contributed by atoms with van der Waals surface area (Å²) >= 11 is 0. The first-order valence-electron chi connectivity index (χ1n) is 15.3. The van der Waals surface area contributed by atoms with Gasteiger partial charge in [-0.1, -0.05) is 114 Å². The van der Waals surface area contributed by atoms with Crippen LogP contribution in [-0.4, -0.2) is 7.11 Å². The molecular weight excluding hydrogens is 491 g/mol. The van der Waals surface area contributed by atoms with Gasteiger partial charge in [0.15, 0.2) is 0 Å². The molecule has 0 fully saturated rings. The zero-order chi connectivity index (χ0) is 28.0. The molecule has 0 aliphatic heterocycles. The highest BCUT2D eigenvalue weighted by atomic mass is 19.1. The smallest absolute Gasteiger partial charge is 0.123 e. The van der Waals surface area contributed by atoms with Crippen LogP contribution in [0.4, 0.5) is 4.39 Å². The molecule has 0 atom stereocenters. The largest absolute Gasteiger partial charge is 0.497 e. The highest BCUT2D eigenvalue weighted by molar-refractivity contribution is 5.86. The molecule has 0 radical (unpaired) electrons. The summed E-state index contributed by atoms with van der Waals surface area (Å²) in [6.07, 6.45) is 12.4. The minimum absolute atomic E-state index is 0.00926. The molecule has 0 amide bonds. The molecule has 0 aromatic heterocycles. The SMILES string of the molecule is CCCCCCC1(CCCCCC)c2cc(-c3ccc(F)cc3)ccc2-c2ccc(-c3ccc(OC)cc3)cc21. The van der Waals surface area contributed by atoms with Gasteiger partial charge < -0.3 is 4.74 Å². The number of unbranched alkanes of at least 4 members (excludes halogenated alkanes) is 6. The number of ether oxygens (including phenoxy) is 1. The average molecular weight is 535 g/mol. The predicted molar refractivity (Wildman–Crippen MR) is 168 cm³/mol. The first-order chi connectivity index (χ1) is 19.6. The van der Waals surface area contributed by atoms with E-state index in [9.17, 15) is 4.39 Å². The van der Waals surface area contributed by atoms with Crippen LogP contribution in [0.2, 0.25) is 0 Å². The lowest BCUT2D eigenvalue weighted by Crippen LogP contribution is -2.25. The van der Waals surface area contributed by atoms with Crippen molar-refractivity contribution in [3.8, 4) is 39.1 Å². The summed E-state index contributed by atoms with van der Waals surface area (Å²) in [7, 11) is 1.72. The van der Waals surface area contributed by atoms with Crippen molar-refractivity contribution in [1.29, 1.82) is 0 Å². The minimum Gasteiger partial charge on any atom is -0.497 e. The summed E-state index contributed by atoms with van der Waals surface area (Å²) in [5.41, 5.74) is 10.4. The first-order valence-corrected chi connectivity index (χ1v) is 15.3. The van der Waals surface area contributed by atoms with Crippen LogP contribution in [0.15, 0.2) is 84.9 Å². The van der Waals surface area contributed by atoms with Crippen LogP contribution < -0.4 is 4.74 Å². The molecule has 0 spiro atoms. The van der Waals surface area contributed by atoms with E-state index in [1.807, 2.05) is 12.1 Å². The van der Waals surface area contributed by atoms with Gasteiger partial charge in [0.2, 0.25) is 0 Å². The summed E-state index contributed by atoms with van der Waals surface area (Å²) in [6, 6.07) is 29.5. The molecular formula is C38H43FO. The van der Waals surface area contributed by atoms with Crippen LogP contribution in [-0.2, 0) is 5.41 Å². The molecule has 0 N–H and O–H groups in total. The molecule has 0 unspecified atom stereocenters. The maximum atomic E-state index is 13.7. The molecule has 0 saturated carbocycles. The van der Waals surface area contributed by atoms with E-state index in [0.29, 0.717) is 0 Å². The van der Waals surface area contributed by atoms with Crippen molar-refractivity contribution in [3.05, 3.63) is 102 Å². The number of fused-ring (bicyclic) bond motifs is 3. The summed E-state index contributed by atoms with van der Waals surface area (Å²) in [6.45, 7) is 4.58. The van der Waals surface area contributed by atoms with E-state index >= 15 is 0 Å². The van der Waals surface area contributed by atoms with E-state index in [2.05, 4.69) is 74.5 Å². The van der Waals surface area contributed by atoms with E-state index in [1.54, 1.807) is 19.2 Å². The Kier molecular flexibility index (Phi) is 9.04. The fourth-order valence-electron chi connectivity index (χ4n) is 6.65. The molecule has 0 saturated heterocycles. The van der Waals surface area contributed by atoms with Crippen LogP contribution in [0.25, 0.3) is 33.4 Å². The van der Waals surface area contributed by atoms with E-state index in [0.717, 1.165) is 24.2 Å². The number of rotatable bonds is 13. The summed E-state index contributed by atoms with van der Waals surface area (Å²) in [5, 5.41) is 0. The fourth-order valence-corrected chi connectivity index (χ4v) is 6.65. The lowest BCUT2D eigenvalue weighted by molar-refractivity contribution is 0.401. The quantitative estimate of drug-likeness (QED) is 0.155. The van der Waals surface area contributed by atoms with Crippen LogP contribution in [0, 0.1) is 5.82 Å². The van der Waals surface area contributed by atoms with E-state index in [-0.39, 0.29) is 11.2 Å². The standard InChI is InChI=1S/C38H43FO/c1-4-6-8-10-24-38(25-11-9-7-5-2)36-26-30(28-12-18-32(39)19-13-28)16-22-34(36)35-23-17-31(27-37(35)38)29-14-20-33(40-3)21-15-29/h12-23,26-27H,4-11,24-25H2,1-3H3. The molecule has 2 heteroatoms. The molecule has 0 bridgehead atoms. The summed E-state index contributed by atoms with van der Waals surface area (Å²) in [5.74, 6) is 0.691.